The maximum absolute atomic E-state index is 12.5. The molecule has 3 rings (SSSR count). The highest BCUT2D eigenvalue weighted by molar-refractivity contribution is 7.89. The zero-order valence-electron chi connectivity index (χ0n) is 15.7. The first-order valence-electron chi connectivity index (χ1n) is 9.09. The van der Waals surface area contributed by atoms with Crippen molar-refractivity contribution in [2.45, 2.75) is 18.2 Å². The first-order chi connectivity index (χ1) is 12.9. The SMILES string of the molecule is Cc1nn(C)c(Cl)c1S(=O)(=O)NCCCN1CCN(c2ccccc2)CC1. The quantitative estimate of drug-likeness (QED) is 0.704. The minimum atomic E-state index is -3.64. The maximum atomic E-state index is 12.5. The van der Waals surface area contributed by atoms with E-state index in [-0.39, 0.29) is 10.0 Å². The Bertz CT molecular complexity index is 861. The Morgan fingerprint density at radius 2 is 1.81 bits per heavy atom. The van der Waals surface area contributed by atoms with Gasteiger partial charge in [0.15, 0.2) is 0 Å². The minimum absolute atomic E-state index is 0.0724. The van der Waals surface area contributed by atoms with Gasteiger partial charge >= 0.3 is 0 Å². The zero-order chi connectivity index (χ0) is 19.4. The van der Waals surface area contributed by atoms with E-state index in [1.165, 1.54) is 10.4 Å². The summed E-state index contributed by atoms with van der Waals surface area (Å²) in [6, 6.07) is 10.4. The van der Waals surface area contributed by atoms with Crippen molar-refractivity contribution in [1.82, 2.24) is 19.4 Å². The normalized spacial score (nSPS) is 16.0. The van der Waals surface area contributed by atoms with Crippen LogP contribution in [0, 0.1) is 6.92 Å². The van der Waals surface area contributed by atoms with E-state index >= 15 is 0 Å². The highest BCUT2D eigenvalue weighted by Gasteiger charge is 2.24. The van der Waals surface area contributed by atoms with Gasteiger partial charge in [-0.05, 0) is 32.0 Å². The molecule has 0 aliphatic carbocycles. The molecule has 0 saturated carbocycles. The largest absolute Gasteiger partial charge is 0.369 e. The van der Waals surface area contributed by atoms with Crippen LogP contribution in [-0.4, -0.2) is 62.4 Å². The predicted octanol–water partition coefficient (Wildman–Crippen LogP) is 1.87. The molecule has 1 aromatic carbocycles. The van der Waals surface area contributed by atoms with E-state index in [4.69, 9.17) is 11.6 Å². The fraction of sp³-hybridized carbons (Fsp3) is 0.500. The van der Waals surface area contributed by atoms with Gasteiger partial charge in [-0.25, -0.2) is 13.1 Å². The Morgan fingerprint density at radius 1 is 1.15 bits per heavy atom. The number of hydrogen-bond donors (Lipinski definition) is 1. The average molecular weight is 412 g/mol. The summed E-state index contributed by atoms with van der Waals surface area (Å²) in [5, 5.41) is 4.20. The second-order valence-electron chi connectivity index (χ2n) is 6.74. The molecule has 7 nitrogen and oxygen atoms in total. The molecule has 0 amide bonds. The van der Waals surface area contributed by atoms with Crippen LogP contribution < -0.4 is 9.62 Å². The summed E-state index contributed by atoms with van der Waals surface area (Å²) < 4.78 is 29.0. The van der Waals surface area contributed by atoms with Gasteiger partial charge in [0.25, 0.3) is 0 Å². The van der Waals surface area contributed by atoms with Crippen LogP contribution in [0.4, 0.5) is 5.69 Å². The highest BCUT2D eigenvalue weighted by atomic mass is 35.5. The molecule has 9 heteroatoms. The summed E-state index contributed by atoms with van der Waals surface area (Å²) in [5.41, 5.74) is 1.67. The van der Waals surface area contributed by atoms with Crippen LogP contribution in [0.3, 0.4) is 0 Å². The van der Waals surface area contributed by atoms with Crippen molar-refractivity contribution in [3.63, 3.8) is 0 Å². The highest BCUT2D eigenvalue weighted by Crippen LogP contribution is 2.23. The van der Waals surface area contributed by atoms with E-state index in [0.29, 0.717) is 12.2 Å². The van der Waals surface area contributed by atoms with E-state index in [0.717, 1.165) is 39.1 Å². The lowest BCUT2D eigenvalue weighted by atomic mass is 10.2. The Kier molecular flexibility index (Phi) is 6.41. The number of piperazine rings is 1. The lowest BCUT2D eigenvalue weighted by Crippen LogP contribution is -2.47. The lowest BCUT2D eigenvalue weighted by molar-refractivity contribution is 0.255. The van der Waals surface area contributed by atoms with Crippen molar-refractivity contribution in [2.75, 3.05) is 44.2 Å². The molecule has 0 unspecified atom stereocenters. The molecule has 1 N–H and O–H groups in total. The number of aromatic nitrogens is 2. The van der Waals surface area contributed by atoms with Gasteiger partial charge in [0.05, 0.1) is 5.69 Å². The molecule has 27 heavy (non-hydrogen) atoms. The van der Waals surface area contributed by atoms with Crippen LogP contribution in [0.25, 0.3) is 0 Å². The van der Waals surface area contributed by atoms with Crippen LogP contribution in [0.5, 0.6) is 0 Å². The van der Waals surface area contributed by atoms with Crippen LogP contribution in [0.2, 0.25) is 5.15 Å². The van der Waals surface area contributed by atoms with Crippen LogP contribution in [0.15, 0.2) is 35.2 Å². The van der Waals surface area contributed by atoms with E-state index in [2.05, 4.69) is 43.9 Å². The zero-order valence-corrected chi connectivity index (χ0v) is 17.3. The molecule has 0 bridgehead atoms. The topological polar surface area (TPSA) is 70.5 Å². The predicted molar refractivity (Wildman–Crippen MR) is 108 cm³/mol. The second kappa shape index (κ2) is 8.60. The third kappa shape index (κ3) is 4.82. The van der Waals surface area contributed by atoms with Crippen LogP contribution in [0.1, 0.15) is 12.1 Å². The fourth-order valence-electron chi connectivity index (χ4n) is 3.37. The van der Waals surface area contributed by atoms with Crippen molar-refractivity contribution < 1.29 is 8.42 Å². The number of benzene rings is 1. The lowest BCUT2D eigenvalue weighted by Gasteiger charge is -2.36. The van der Waals surface area contributed by atoms with Gasteiger partial charge in [0.2, 0.25) is 10.0 Å². The Balaban J connectivity index is 1.43. The van der Waals surface area contributed by atoms with Gasteiger partial charge in [-0.1, -0.05) is 29.8 Å². The van der Waals surface area contributed by atoms with Crippen molar-refractivity contribution in [3.8, 4) is 0 Å². The van der Waals surface area contributed by atoms with Crippen LogP contribution >= 0.6 is 11.6 Å². The van der Waals surface area contributed by atoms with Crippen molar-refractivity contribution in [3.05, 3.63) is 41.2 Å². The van der Waals surface area contributed by atoms with Gasteiger partial charge in [-0.2, -0.15) is 5.10 Å². The first-order valence-corrected chi connectivity index (χ1v) is 11.0. The van der Waals surface area contributed by atoms with Gasteiger partial charge in [-0.3, -0.25) is 9.58 Å². The standard InChI is InChI=1S/C18H26ClN5O2S/c1-15-17(18(19)22(2)21-15)27(25,26)20-9-6-10-23-11-13-24(14-12-23)16-7-4-3-5-8-16/h3-5,7-8,20H,6,9-14H2,1-2H3. The number of nitrogens with zero attached hydrogens (tertiary/aromatic N) is 4. The number of rotatable bonds is 7. The molecule has 1 fully saturated rings. The average Bonchev–Trinajstić information content (AvgIpc) is 2.92. The smallest absolute Gasteiger partial charge is 0.245 e. The molecule has 1 saturated heterocycles. The van der Waals surface area contributed by atoms with E-state index < -0.39 is 10.0 Å². The van der Waals surface area contributed by atoms with E-state index in [1.807, 2.05) is 6.07 Å². The van der Waals surface area contributed by atoms with E-state index in [1.54, 1.807) is 14.0 Å². The van der Waals surface area contributed by atoms with Crippen molar-refractivity contribution >= 4 is 27.3 Å². The van der Waals surface area contributed by atoms with Gasteiger partial charge < -0.3 is 4.90 Å². The number of aryl methyl sites for hydroxylation is 2. The number of sulfonamides is 1. The molecule has 1 aromatic heterocycles. The molecule has 1 aliphatic rings. The Hall–Kier alpha value is -1.61. The molecule has 2 heterocycles. The van der Waals surface area contributed by atoms with E-state index in [9.17, 15) is 8.42 Å². The molecule has 0 radical (unpaired) electrons. The summed E-state index contributed by atoms with van der Waals surface area (Å²) in [5.74, 6) is 0. The molecular weight excluding hydrogens is 386 g/mol. The van der Waals surface area contributed by atoms with Crippen molar-refractivity contribution in [2.24, 2.45) is 7.05 Å². The summed E-state index contributed by atoms with van der Waals surface area (Å²) >= 11 is 6.07. The Labute approximate surface area is 166 Å². The third-order valence-corrected chi connectivity index (χ3v) is 6.96. The number of hydrogen-bond acceptors (Lipinski definition) is 5. The summed E-state index contributed by atoms with van der Waals surface area (Å²) in [6.07, 6.45) is 0.751. The molecule has 1 aliphatic heterocycles. The first kappa shape index (κ1) is 20.1. The number of halogens is 1. The second-order valence-corrected chi connectivity index (χ2v) is 8.81. The molecule has 0 atom stereocenters. The van der Waals surface area contributed by atoms with Gasteiger partial charge in [0, 0.05) is 45.5 Å². The summed E-state index contributed by atoms with van der Waals surface area (Å²) in [4.78, 5) is 4.82. The maximum Gasteiger partial charge on any atom is 0.245 e. The number of anilines is 1. The fourth-order valence-corrected chi connectivity index (χ4v) is 5.19. The van der Waals surface area contributed by atoms with Crippen LogP contribution in [-0.2, 0) is 17.1 Å². The van der Waals surface area contributed by atoms with Gasteiger partial charge in [-0.15, -0.1) is 0 Å². The van der Waals surface area contributed by atoms with Gasteiger partial charge in [0.1, 0.15) is 10.0 Å². The number of nitrogens with one attached hydrogen (secondary N) is 1. The summed E-state index contributed by atoms with van der Waals surface area (Å²) in [7, 11) is -2.01. The molecule has 148 valence electrons. The summed E-state index contributed by atoms with van der Waals surface area (Å²) in [6.45, 7) is 6.83. The Morgan fingerprint density at radius 3 is 2.41 bits per heavy atom. The van der Waals surface area contributed by atoms with Crippen molar-refractivity contribution in [1.29, 1.82) is 0 Å². The minimum Gasteiger partial charge on any atom is -0.369 e. The molecule has 0 spiro atoms. The monoisotopic (exact) mass is 411 g/mol. The third-order valence-electron chi connectivity index (χ3n) is 4.81. The molecular formula is C18H26ClN5O2S. The molecule has 2 aromatic rings. The number of para-hydroxylation sites is 1.